The molecule has 2 amide bonds. The van der Waals surface area contributed by atoms with Crippen LogP contribution in [-0.2, 0) is 29.0 Å². The Morgan fingerprint density at radius 2 is 1.42 bits per heavy atom. The lowest BCUT2D eigenvalue weighted by Crippen LogP contribution is -2.33. The number of nitrogens with one attached hydrogen (secondary N) is 1. The van der Waals surface area contributed by atoms with Gasteiger partial charge in [-0.25, -0.2) is 4.79 Å². The number of halogens is 4. The van der Waals surface area contributed by atoms with Crippen LogP contribution >= 0.6 is 15.9 Å². The molecule has 1 heterocycles. The number of rotatable bonds is 13. The smallest absolute Gasteiger partial charge is 0.475 e. The van der Waals surface area contributed by atoms with Gasteiger partial charge in [0.1, 0.15) is 0 Å². The van der Waals surface area contributed by atoms with Gasteiger partial charge in [-0.3, -0.25) is 9.59 Å². The molecule has 0 bridgehead atoms. The Kier molecular flexibility index (Phi) is 14.6. The van der Waals surface area contributed by atoms with Crippen molar-refractivity contribution in [2.24, 2.45) is 0 Å². The fourth-order valence-corrected chi connectivity index (χ4v) is 6.14. The summed E-state index contributed by atoms with van der Waals surface area (Å²) >= 11 is 3.53. The Morgan fingerprint density at radius 1 is 0.800 bits per heavy atom. The van der Waals surface area contributed by atoms with Gasteiger partial charge in [0.05, 0.1) is 6.42 Å². The number of carbonyl (C=O) groups is 3. The molecule has 11 heteroatoms. The normalized spacial score (nSPS) is 12.9. The van der Waals surface area contributed by atoms with Gasteiger partial charge in [0.15, 0.2) is 0 Å². The van der Waals surface area contributed by atoms with Gasteiger partial charge in [-0.1, -0.05) is 88.7 Å². The molecule has 4 aromatic rings. The molecule has 7 nitrogen and oxygen atoms in total. The predicted octanol–water partition coefficient (Wildman–Crippen LogP) is 7.78. The van der Waals surface area contributed by atoms with E-state index in [0.717, 1.165) is 59.2 Å². The number of carbonyl (C=O) groups excluding carboxylic acids is 2. The zero-order valence-corrected chi connectivity index (χ0v) is 29.3. The monoisotopic (exact) mass is 751 g/mol. The zero-order chi connectivity index (χ0) is 35.9. The largest absolute Gasteiger partial charge is 0.490 e. The molecule has 50 heavy (non-hydrogen) atoms. The number of likely N-dealkylation sites (tertiary alicyclic amines) is 1. The molecule has 1 fully saturated rings. The number of aliphatic carboxylic acids is 1. The van der Waals surface area contributed by atoms with E-state index in [1.54, 1.807) is 0 Å². The number of carboxylic acid groups (broad SMARTS) is 1. The maximum Gasteiger partial charge on any atom is 0.490 e. The van der Waals surface area contributed by atoms with Crippen LogP contribution in [0, 0.1) is 0 Å². The van der Waals surface area contributed by atoms with Crippen LogP contribution in [0.25, 0.3) is 11.1 Å². The van der Waals surface area contributed by atoms with Crippen LogP contribution < -0.4 is 5.32 Å². The molecule has 1 saturated heterocycles. The summed E-state index contributed by atoms with van der Waals surface area (Å²) in [4.78, 5) is 39.7. The van der Waals surface area contributed by atoms with Crippen LogP contribution in [0.3, 0.4) is 0 Å². The first-order valence-electron chi connectivity index (χ1n) is 16.5. The molecule has 0 aromatic heterocycles. The van der Waals surface area contributed by atoms with Crippen LogP contribution in [0.15, 0.2) is 108 Å². The van der Waals surface area contributed by atoms with Gasteiger partial charge in [0, 0.05) is 36.2 Å². The summed E-state index contributed by atoms with van der Waals surface area (Å²) in [6.45, 7) is 5.02. The average molecular weight is 753 g/mol. The van der Waals surface area contributed by atoms with Gasteiger partial charge >= 0.3 is 12.1 Å². The quantitative estimate of drug-likeness (QED) is 0.146. The minimum absolute atomic E-state index is 0.0417. The first-order chi connectivity index (χ1) is 24.0. The Balaban J connectivity index is 0.000000727. The van der Waals surface area contributed by atoms with Crippen LogP contribution in [-0.4, -0.2) is 71.6 Å². The highest BCUT2D eigenvalue weighted by atomic mass is 79.9. The molecular weight excluding hydrogens is 711 g/mol. The average Bonchev–Trinajstić information content (AvgIpc) is 3.62. The maximum atomic E-state index is 13.6. The fraction of sp³-hybridized carbons (Fsp3) is 0.308. The van der Waals surface area contributed by atoms with Crippen molar-refractivity contribution in [3.8, 4) is 11.1 Å². The second-order valence-corrected chi connectivity index (χ2v) is 13.0. The van der Waals surface area contributed by atoms with Crippen molar-refractivity contribution in [3.63, 3.8) is 0 Å². The van der Waals surface area contributed by atoms with E-state index in [9.17, 15) is 22.8 Å². The van der Waals surface area contributed by atoms with Crippen molar-refractivity contribution in [2.45, 2.75) is 44.8 Å². The summed E-state index contributed by atoms with van der Waals surface area (Å²) < 4.78 is 32.7. The van der Waals surface area contributed by atoms with Gasteiger partial charge in [0.2, 0.25) is 5.91 Å². The van der Waals surface area contributed by atoms with Crippen molar-refractivity contribution in [1.29, 1.82) is 0 Å². The molecule has 264 valence electrons. The number of aryl methyl sites for hydroxylation is 1. The SMILES string of the molecule is O=C(NCCN1CCCC1)c1cccc(-c2cccc(CN(CCCc3ccccc3)C(=O)Cc3cccc(Br)c3)c2)c1.O=C(O)C(F)(F)F. The number of nitrogens with zero attached hydrogens (tertiary/aromatic N) is 2. The lowest BCUT2D eigenvalue weighted by molar-refractivity contribution is -0.192. The molecular formula is C39H41BrF3N3O4. The number of benzene rings is 4. The van der Waals surface area contributed by atoms with E-state index in [4.69, 9.17) is 9.90 Å². The molecule has 2 N–H and O–H groups in total. The minimum Gasteiger partial charge on any atom is -0.475 e. The van der Waals surface area contributed by atoms with Crippen molar-refractivity contribution >= 4 is 33.7 Å². The summed E-state index contributed by atoms with van der Waals surface area (Å²) in [7, 11) is 0. The van der Waals surface area contributed by atoms with E-state index >= 15 is 0 Å². The second kappa shape index (κ2) is 19.1. The van der Waals surface area contributed by atoms with Crippen LogP contribution in [0.5, 0.6) is 0 Å². The van der Waals surface area contributed by atoms with Gasteiger partial charge in [-0.05, 0) is 96.9 Å². The highest BCUT2D eigenvalue weighted by Crippen LogP contribution is 2.23. The van der Waals surface area contributed by atoms with Gasteiger partial charge < -0.3 is 20.2 Å². The number of hydrogen-bond donors (Lipinski definition) is 2. The highest BCUT2D eigenvalue weighted by molar-refractivity contribution is 9.10. The molecule has 1 aliphatic rings. The zero-order valence-electron chi connectivity index (χ0n) is 27.7. The van der Waals surface area contributed by atoms with Crippen LogP contribution in [0.1, 0.15) is 46.3 Å². The van der Waals surface area contributed by atoms with Crippen molar-refractivity contribution in [1.82, 2.24) is 15.1 Å². The molecule has 0 spiro atoms. The van der Waals surface area contributed by atoms with Gasteiger partial charge in [0.25, 0.3) is 5.91 Å². The van der Waals surface area contributed by atoms with E-state index in [0.29, 0.717) is 31.6 Å². The van der Waals surface area contributed by atoms with Crippen molar-refractivity contribution in [2.75, 3.05) is 32.7 Å². The number of amides is 2. The number of alkyl halides is 3. The van der Waals surface area contributed by atoms with E-state index in [2.05, 4.69) is 68.6 Å². The Bertz CT molecular complexity index is 1710. The molecule has 0 aliphatic carbocycles. The molecule has 0 radical (unpaired) electrons. The van der Waals surface area contributed by atoms with E-state index in [-0.39, 0.29) is 11.8 Å². The Hall–Kier alpha value is -4.48. The molecule has 0 saturated carbocycles. The maximum absolute atomic E-state index is 13.6. The first kappa shape index (κ1) is 38.3. The Labute approximate surface area is 299 Å². The summed E-state index contributed by atoms with van der Waals surface area (Å²) in [5.74, 6) is -2.68. The highest BCUT2D eigenvalue weighted by Gasteiger charge is 2.38. The fourth-order valence-electron chi connectivity index (χ4n) is 5.69. The third-order valence-corrected chi connectivity index (χ3v) is 8.74. The van der Waals surface area contributed by atoms with Crippen molar-refractivity contribution in [3.05, 3.63) is 130 Å². The van der Waals surface area contributed by atoms with E-state index < -0.39 is 12.1 Å². The molecule has 1 aliphatic heterocycles. The predicted molar refractivity (Wildman–Crippen MR) is 192 cm³/mol. The summed E-state index contributed by atoms with van der Waals surface area (Å²) in [5, 5.41) is 10.2. The van der Waals surface area contributed by atoms with Crippen LogP contribution in [0.4, 0.5) is 13.2 Å². The van der Waals surface area contributed by atoms with Crippen molar-refractivity contribution < 1.29 is 32.7 Å². The molecule has 4 aromatic carbocycles. The van der Waals surface area contributed by atoms with Gasteiger partial charge in [-0.2, -0.15) is 13.2 Å². The molecule has 5 rings (SSSR count). The molecule has 0 atom stereocenters. The summed E-state index contributed by atoms with van der Waals surface area (Å²) in [6.07, 6.45) is -0.407. The second-order valence-electron chi connectivity index (χ2n) is 12.1. The Morgan fingerprint density at radius 3 is 2.10 bits per heavy atom. The summed E-state index contributed by atoms with van der Waals surface area (Å²) in [6, 6.07) is 34.5. The number of carboxylic acids is 1. The molecule has 0 unspecified atom stereocenters. The first-order valence-corrected chi connectivity index (χ1v) is 17.3. The number of hydrogen-bond acceptors (Lipinski definition) is 4. The topological polar surface area (TPSA) is 90.0 Å². The lowest BCUT2D eigenvalue weighted by Gasteiger charge is -2.24. The third-order valence-electron chi connectivity index (χ3n) is 8.25. The third kappa shape index (κ3) is 12.8. The lowest BCUT2D eigenvalue weighted by atomic mass is 10.0. The van der Waals surface area contributed by atoms with Crippen LogP contribution in [0.2, 0.25) is 0 Å². The van der Waals surface area contributed by atoms with Gasteiger partial charge in [-0.15, -0.1) is 0 Å². The van der Waals surface area contributed by atoms with E-state index in [1.165, 1.54) is 18.4 Å². The standard InChI is InChI=1S/C37H40BrN3O2.C2HF3O2/c38-35-18-7-12-30(25-35)26-36(42)41(22-9-14-29-10-2-1-3-11-29)28-31-13-6-15-32(24-31)33-16-8-17-34(27-33)37(43)39-19-23-40-20-4-5-21-40;3-2(4,5)1(6)7/h1-3,6-8,10-13,15-18,24-25,27H,4-5,9,14,19-23,26,28H2,(H,39,43);(H,6,7). The summed E-state index contributed by atoms with van der Waals surface area (Å²) in [5.41, 5.74) is 6.04. The van der Waals surface area contributed by atoms with E-state index in [1.807, 2.05) is 65.6 Å². The minimum atomic E-state index is -5.08.